The van der Waals surface area contributed by atoms with E-state index < -0.39 is 0 Å². The van der Waals surface area contributed by atoms with Gasteiger partial charge in [0.05, 0.1) is 6.54 Å². The first-order valence-corrected chi connectivity index (χ1v) is 6.87. The predicted molar refractivity (Wildman–Crippen MR) is 75.5 cm³/mol. The van der Waals surface area contributed by atoms with Crippen LogP contribution in [0.1, 0.15) is 33.0 Å². The molecular weight excluding hydrogens is 296 g/mol. The van der Waals surface area contributed by atoms with E-state index in [9.17, 15) is 4.79 Å². The number of carbonyl (C=O) groups is 1. The number of rotatable bonds is 6. The van der Waals surface area contributed by atoms with Gasteiger partial charge in [-0.05, 0) is 36.2 Å². The van der Waals surface area contributed by atoms with E-state index in [1.54, 1.807) is 6.07 Å². The molecule has 0 aliphatic rings. The van der Waals surface area contributed by atoms with Crippen molar-refractivity contribution in [1.82, 2.24) is 15.3 Å². The summed E-state index contributed by atoms with van der Waals surface area (Å²) in [4.78, 5) is 20.1. The number of nitrogens with one attached hydrogen (secondary N) is 2. The van der Waals surface area contributed by atoms with Gasteiger partial charge in [0, 0.05) is 18.5 Å². The van der Waals surface area contributed by atoms with E-state index in [1.165, 1.54) is 0 Å². The van der Waals surface area contributed by atoms with Gasteiger partial charge in [0.15, 0.2) is 0 Å². The molecule has 0 saturated heterocycles. The molecule has 1 rings (SSSR count). The zero-order valence-corrected chi connectivity index (χ0v) is 12.5. The Balaban J connectivity index is 2.58. The highest BCUT2D eigenvalue weighted by Gasteiger charge is 2.06. The standard InChI is InChI=1S/C12H19BrN4O/c1-4-5-10-16-9(13)6-11(17-10)14-7-12(18)15-8(2)3/h6,8H,4-5,7H2,1-3H3,(H,15,18)(H,14,16,17). The Morgan fingerprint density at radius 1 is 1.44 bits per heavy atom. The lowest BCUT2D eigenvalue weighted by atomic mass is 10.3. The normalized spacial score (nSPS) is 10.5. The third kappa shape index (κ3) is 5.44. The van der Waals surface area contributed by atoms with Gasteiger partial charge in [-0.3, -0.25) is 4.79 Å². The lowest BCUT2D eigenvalue weighted by Gasteiger charge is -2.10. The van der Waals surface area contributed by atoms with Crippen LogP contribution in [0.3, 0.4) is 0 Å². The Hall–Kier alpha value is -1.17. The van der Waals surface area contributed by atoms with Crippen LogP contribution in [0.2, 0.25) is 0 Å². The van der Waals surface area contributed by atoms with Gasteiger partial charge in [0.1, 0.15) is 16.2 Å². The molecule has 0 aliphatic carbocycles. The number of nitrogens with zero attached hydrogens (tertiary/aromatic N) is 2. The molecule has 5 nitrogen and oxygen atoms in total. The maximum Gasteiger partial charge on any atom is 0.239 e. The van der Waals surface area contributed by atoms with Crippen LogP contribution < -0.4 is 10.6 Å². The second-order valence-corrected chi connectivity index (χ2v) is 5.13. The molecule has 1 aromatic rings. The molecule has 0 unspecified atom stereocenters. The van der Waals surface area contributed by atoms with Crippen LogP contribution in [0.4, 0.5) is 5.82 Å². The monoisotopic (exact) mass is 314 g/mol. The highest BCUT2D eigenvalue weighted by atomic mass is 79.9. The molecule has 1 heterocycles. The topological polar surface area (TPSA) is 66.9 Å². The Morgan fingerprint density at radius 3 is 2.78 bits per heavy atom. The summed E-state index contributed by atoms with van der Waals surface area (Å²) in [7, 11) is 0. The van der Waals surface area contributed by atoms with Crippen molar-refractivity contribution in [1.29, 1.82) is 0 Å². The molecule has 18 heavy (non-hydrogen) atoms. The van der Waals surface area contributed by atoms with Gasteiger partial charge >= 0.3 is 0 Å². The first kappa shape index (κ1) is 14.9. The van der Waals surface area contributed by atoms with Crippen molar-refractivity contribution in [2.45, 2.75) is 39.7 Å². The van der Waals surface area contributed by atoms with Crippen molar-refractivity contribution in [3.8, 4) is 0 Å². The summed E-state index contributed by atoms with van der Waals surface area (Å²) in [6, 6.07) is 1.91. The number of aromatic nitrogens is 2. The number of amides is 1. The quantitative estimate of drug-likeness (QED) is 0.789. The fourth-order valence-electron chi connectivity index (χ4n) is 1.43. The van der Waals surface area contributed by atoms with Crippen molar-refractivity contribution in [3.05, 3.63) is 16.5 Å². The third-order valence-electron chi connectivity index (χ3n) is 2.09. The number of anilines is 1. The van der Waals surface area contributed by atoms with E-state index in [2.05, 4.69) is 43.5 Å². The Morgan fingerprint density at radius 2 is 2.17 bits per heavy atom. The van der Waals surface area contributed by atoms with Crippen molar-refractivity contribution in [2.24, 2.45) is 0 Å². The first-order valence-electron chi connectivity index (χ1n) is 6.08. The summed E-state index contributed by atoms with van der Waals surface area (Å²) in [6.45, 7) is 6.15. The Labute approximate surface area is 116 Å². The van der Waals surface area contributed by atoms with Crippen molar-refractivity contribution in [2.75, 3.05) is 11.9 Å². The lowest BCUT2D eigenvalue weighted by molar-refractivity contribution is -0.119. The number of hydrogen-bond acceptors (Lipinski definition) is 4. The minimum absolute atomic E-state index is 0.0447. The van der Waals surface area contributed by atoms with Crippen molar-refractivity contribution in [3.63, 3.8) is 0 Å². The SMILES string of the molecule is CCCc1nc(Br)cc(NCC(=O)NC(C)C)n1. The van der Waals surface area contributed by atoms with E-state index in [0.29, 0.717) is 5.82 Å². The maximum atomic E-state index is 11.5. The molecule has 1 amide bonds. The number of halogens is 1. The molecular formula is C12H19BrN4O. The lowest BCUT2D eigenvalue weighted by Crippen LogP contribution is -2.35. The second-order valence-electron chi connectivity index (χ2n) is 4.32. The zero-order valence-electron chi connectivity index (χ0n) is 11.0. The highest BCUT2D eigenvalue weighted by molar-refractivity contribution is 9.10. The number of hydrogen-bond donors (Lipinski definition) is 2. The third-order valence-corrected chi connectivity index (χ3v) is 2.50. The zero-order chi connectivity index (χ0) is 13.5. The van der Waals surface area contributed by atoms with Crippen LogP contribution in [0, 0.1) is 0 Å². The average Bonchev–Trinajstić information content (AvgIpc) is 2.25. The van der Waals surface area contributed by atoms with Gasteiger partial charge in [-0.1, -0.05) is 6.92 Å². The molecule has 0 aromatic carbocycles. The van der Waals surface area contributed by atoms with E-state index in [1.807, 2.05) is 13.8 Å². The molecule has 1 aromatic heterocycles. The molecule has 6 heteroatoms. The van der Waals surface area contributed by atoms with Gasteiger partial charge < -0.3 is 10.6 Å². The van der Waals surface area contributed by atoms with Crippen LogP contribution in [0.5, 0.6) is 0 Å². The summed E-state index contributed by atoms with van der Waals surface area (Å²) in [5, 5.41) is 5.81. The van der Waals surface area contributed by atoms with E-state index >= 15 is 0 Å². The highest BCUT2D eigenvalue weighted by Crippen LogP contribution is 2.12. The minimum atomic E-state index is -0.0447. The van der Waals surface area contributed by atoms with Gasteiger partial charge in [0.25, 0.3) is 0 Å². The molecule has 0 saturated carbocycles. The van der Waals surface area contributed by atoms with Gasteiger partial charge in [-0.25, -0.2) is 9.97 Å². The van der Waals surface area contributed by atoms with Crippen LogP contribution >= 0.6 is 15.9 Å². The Kier molecular flexibility index (Phi) is 6.04. The Bertz CT molecular complexity index is 409. The van der Waals surface area contributed by atoms with E-state index in [4.69, 9.17) is 0 Å². The van der Waals surface area contributed by atoms with Crippen molar-refractivity contribution >= 4 is 27.7 Å². The van der Waals surface area contributed by atoms with Gasteiger partial charge in [0.2, 0.25) is 5.91 Å². The molecule has 0 bridgehead atoms. The molecule has 0 spiro atoms. The summed E-state index contributed by atoms with van der Waals surface area (Å²) < 4.78 is 0.729. The van der Waals surface area contributed by atoms with Crippen LogP contribution in [-0.2, 0) is 11.2 Å². The van der Waals surface area contributed by atoms with Crippen molar-refractivity contribution < 1.29 is 4.79 Å². The molecule has 2 N–H and O–H groups in total. The van der Waals surface area contributed by atoms with Gasteiger partial charge in [-0.15, -0.1) is 0 Å². The first-order chi connectivity index (χ1) is 8.51. The maximum absolute atomic E-state index is 11.5. The molecule has 0 atom stereocenters. The summed E-state index contributed by atoms with van der Waals surface area (Å²) in [6.07, 6.45) is 1.82. The summed E-state index contributed by atoms with van der Waals surface area (Å²) in [5.41, 5.74) is 0. The van der Waals surface area contributed by atoms with Gasteiger partial charge in [-0.2, -0.15) is 0 Å². The predicted octanol–water partition coefficient (Wildman–Crippen LogP) is 2.13. The summed E-state index contributed by atoms with van der Waals surface area (Å²) >= 11 is 3.34. The van der Waals surface area contributed by atoms with Crippen LogP contribution in [0.25, 0.3) is 0 Å². The molecule has 0 aliphatic heterocycles. The average molecular weight is 315 g/mol. The largest absolute Gasteiger partial charge is 0.361 e. The second kappa shape index (κ2) is 7.31. The fraction of sp³-hybridized carbons (Fsp3) is 0.583. The van der Waals surface area contributed by atoms with E-state index in [-0.39, 0.29) is 18.5 Å². The fourth-order valence-corrected chi connectivity index (χ4v) is 1.86. The molecule has 0 fully saturated rings. The summed E-state index contributed by atoms with van der Waals surface area (Å²) in [5.74, 6) is 1.40. The number of aryl methyl sites for hydroxylation is 1. The smallest absolute Gasteiger partial charge is 0.239 e. The molecule has 100 valence electrons. The molecule has 0 radical (unpaired) electrons. The minimum Gasteiger partial charge on any atom is -0.361 e. The van der Waals surface area contributed by atoms with E-state index in [0.717, 1.165) is 23.3 Å². The van der Waals surface area contributed by atoms with Crippen LogP contribution in [0.15, 0.2) is 10.7 Å². The van der Waals surface area contributed by atoms with Crippen LogP contribution in [-0.4, -0.2) is 28.5 Å². The number of carbonyl (C=O) groups excluding carboxylic acids is 1.